The minimum atomic E-state index is -3.18. The van der Waals surface area contributed by atoms with Gasteiger partial charge in [-0.25, -0.2) is 13.4 Å². The molecule has 4 rings (SSSR count). The molecule has 2 aromatic carbocycles. The lowest BCUT2D eigenvalue weighted by molar-refractivity contribution is -0.119. The van der Waals surface area contributed by atoms with Crippen LogP contribution in [0.15, 0.2) is 77.5 Å². The molecule has 1 amide bonds. The van der Waals surface area contributed by atoms with Crippen LogP contribution < -0.4 is 4.90 Å². The smallest absolute Gasteiger partial charge is 0.229 e. The van der Waals surface area contributed by atoms with Crippen LogP contribution >= 0.6 is 11.3 Å². The van der Waals surface area contributed by atoms with Gasteiger partial charge in [-0.15, -0.1) is 11.3 Å². The SMILES string of the molecule is O=C(CC1C=CS(=O)(=O)C1)N(CCc1ccccc1)c1nc(-c2ccccc2)cs1. The fourth-order valence-corrected chi connectivity index (χ4v) is 5.72. The third-order valence-corrected chi connectivity index (χ3v) is 7.33. The first kappa shape index (κ1) is 20.5. The molecule has 2 heterocycles. The Kier molecular flexibility index (Phi) is 6.11. The van der Waals surface area contributed by atoms with Crippen molar-refractivity contribution < 1.29 is 13.2 Å². The Labute approximate surface area is 180 Å². The average molecular weight is 439 g/mol. The Bertz CT molecular complexity index is 1140. The number of aromatic nitrogens is 1. The third-order valence-electron chi connectivity index (χ3n) is 5.00. The van der Waals surface area contributed by atoms with Crippen LogP contribution in [0, 0.1) is 5.92 Å². The quantitative estimate of drug-likeness (QED) is 0.551. The highest BCUT2D eigenvalue weighted by molar-refractivity contribution is 7.94. The second kappa shape index (κ2) is 8.93. The van der Waals surface area contributed by atoms with E-state index in [9.17, 15) is 13.2 Å². The zero-order valence-corrected chi connectivity index (χ0v) is 18.0. The maximum absolute atomic E-state index is 13.1. The second-order valence-electron chi connectivity index (χ2n) is 7.28. The molecule has 0 spiro atoms. The number of anilines is 1. The van der Waals surface area contributed by atoms with Crippen molar-refractivity contribution in [2.75, 3.05) is 17.2 Å². The fourth-order valence-electron chi connectivity index (χ4n) is 3.44. The lowest BCUT2D eigenvalue weighted by Gasteiger charge is -2.21. The van der Waals surface area contributed by atoms with E-state index in [2.05, 4.69) is 0 Å². The Morgan fingerprint density at radius 2 is 1.77 bits per heavy atom. The fraction of sp³-hybridized carbons (Fsp3) is 0.217. The summed E-state index contributed by atoms with van der Waals surface area (Å²) in [5.41, 5.74) is 2.97. The normalized spacial score (nSPS) is 17.1. The Morgan fingerprint density at radius 1 is 1.07 bits per heavy atom. The van der Waals surface area contributed by atoms with Crippen molar-refractivity contribution >= 4 is 32.2 Å². The number of rotatable bonds is 7. The topological polar surface area (TPSA) is 67.3 Å². The van der Waals surface area contributed by atoms with Gasteiger partial charge in [0, 0.05) is 35.2 Å². The molecule has 1 aliphatic rings. The summed E-state index contributed by atoms with van der Waals surface area (Å²) in [4.78, 5) is 19.5. The van der Waals surface area contributed by atoms with E-state index in [1.54, 1.807) is 11.0 Å². The van der Waals surface area contributed by atoms with Crippen molar-refractivity contribution in [3.05, 3.63) is 83.1 Å². The van der Waals surface area contributed by atoms with Gasteiger partial charge in [0.1, 0.15) is 0 Å². The summed E-state index contributed by atoms with van der Waals surface area (Å²) in [6.07, 6.45) is 2.48. The zero-order valence-electron chi connectivity index (χ0n) is 16.3. The van der Waals surface area contributed by atoms with Gasteiger partial charge < -0.3 is 0 Å². The highest BCUT2D eigenvalue weighted by Crippen LogP contribution is 2.29. The summed E-state index contributed by atoms with van der Waals surface area (Å²) in [5.74, 6) is -0.389. The van der Waals surface area contributed by atoms with Crippen molar-refractivity contribution in [1.82, 2.24) is 4.98 Å². The molecule has 1 aliphatic heterocycles. The largest absolute Gasteiger partial charge is 0.288 e. The van der Waals surface area contributed by atoms with E-state index in [4.69, 9.17) is 4.98 Å². The number of nitrogens with zero attached hydrogens (tertiary/aromatic N) is 2. The summed E-state index contributed by atoms with van der Waals surface area (Å²) < 4.78 is 23.4. The molecule has 3 aromatic rings. The number of carbonyl (C=O) groups is 1. The van der Waals surface area contributed by atoms with Crippen molar-refractivity contribution in [3.8, 4) is 11.3 Å². The van der Waals surface area contributed by atoms with Crippen LogP contribution in [0.2, 0.25) is 0 Å². The summed E-state index contributed by atoms with van der Waals surface area (Å²) in [6, 6.07) is 19.8. The summed E-state index contributed by atoms with van der Waals surface area (Å²) in [5, 5.41) is 3.81. The van der Waals surface area contributed by atoms with Gasteiger partial charge in [-0.1, -0.05) is 66.7 Å². The first-order valence-electron chi connectivity index (χ1n) is 9.76. The van der Waals surface area contributed by atoms with Gasteiger partial charge in [0.2, 0.25) is 5.91 Å². The number of amides is 1. The van der Waals surface area contributed by atoms with Gasteiger partial charge in [-0.2, -0.15) is 0 Å². The summed E-state index contributed by atoms with van der Waals surface area (Å²) >= 11 is 1.43. The molecule has 1 atom stereocenters. The molecule has 1 unspecified atom stereocenters. The lowest BCUT2D eigenvalue weighted by Crippen LogP contribution is -2.34. The third kappa shape index (κ3) is 5.04. The zero-order chi connectivity index (χ0) is 21.0. The van der Waals surface area contributed by atoms with E-state index < -0.39 is 9.84 Å². The van der Waals surface area contributed by atoms with Gasteiger partial charge in [-0.05, 0) is 12.0 Å². The average Bonchev–Trinajstić information content (AvgIpc) is 3.36. The molecule has 154 valence electrons. The number of hydrogen-bond acceptors (Lipinski definition) is 5. The minimum absolute atomic E-state index is 0.00159. The Hall–Kier alpha value is -2.77. The van der Waals surface area contributed by atoms with Crippen LogP contribution in [-0.4, -0.2) is 31.6 Å². The second-order valence-corrected chi connectivity index (χ2v) is 10.1. The van der Waals surface area contributed by atoms with Crippen LogP contribution in [0.4, 0.5) is 5.13 Å². The van der Waals surface area contributed by atoms with E-state index in [1.807, 2.05) is 66.0 Å². The Balaban J connectivity index is 1.54. The minimum Gasteiger partial charge on any atom is -0.288 e. The van der Waals surface area contributed by atoms with E-state index in [1.165, 1.54) is 16.7 Å². The van der Waals surface area contributed by atoms with Gasteiger partial charge >= 0.3 is 0 Å². The maximum Gasteiger partial charge on any atom is 0.229 e. The molecule has 0 N–H and O–H groups in total. The van der Waals surface area contributed by atoms with Crippen LogP contribution in [-0.2, 0) is 21.1 Å². The van der Waals surface area contributed by atoms with Crippen LogP contribution in [0.25, 0.3) is 11.3 Å². The maximum atomic E-state index is 13.1. The van der Waals surface area contributed by atoms with Gasteiger partial charge in [0.05, 0.1) is 11.4 Å². The summed E-state index contributed by atoms with van der Waals surface area (Å²) in [6.45, 7) is 0.494. The highest BCUT2D eigenvalue weighted by atomic mass is 32.2. The predicted molar refractivity (Wildman–Crippen MR) is 121 cm³/mol. The standard InChI is InChI=1S/C23H22N2O3S2/c26-22(15-19-12-14-30(27,28)17-19)25(13-11-18-7-3-1-4-8-18)23-24-21(16-29-23)20-9-5-2-6-10-20/h1-10,12,14,16,19H,11,13,15,17H2. The first-order chi connectivity index (χ1) is 14.5. The Morgan fingerprint density at radius 3 is 2.43 bits per heavy atom. The van der Waals surface area contributed by atoms with Gasteiger partial charge in [0.15, 0.2) is 15.0 Å². The van der Waals surface area contributed by atoms with E-state index >= 15 is 0 Å². The van der Waals surface area contributed by atoms with Gasteiger partial charge in [0.25, 0.3) is 0 Å². The number of carbonyl (C=O) groups excluding carboxylic acids is 1. The number of thiazole rings is 1. The molecular weight excluding hydrogens is 416 g/mol. The number of allylic oxidation sites excluding steroid dienone is 1. The van der Waals surface area contributed by atoms with Gasteiger partial charge in [-0.3, -0.25) is 9.69 Å². The van der Waals surface area contributed by atoms with Crippen molar-refractivity contribution in [3.63, 3.8) is 0 Å². The number of benzene rings is 2. The molecule has 0 fully saturated rings. The van der Waals surface area contributed by atoms with E-state index in [-0.39, 0.29) is 24.0 Å². The number of hydrogen-bond donors (Lipinski definition) is 0. The lowest BCUT2D eigenvalue weighted by atomic mass is 10.1. The monoisotopic (exact) mass is 438 g/mol. The van der Waals surface area contributed by atoms with Crippen molar-refractivity contribution in [1.29, 1.82) is 0 Å². The van der Waals surface area contributed by atoms with Crippen molar-refractivity contribution in [2.45, 2.75) is 12.8 Å². The molecule has 30 heavy (non-hydrogen) atoms. The predicted octanol–water partition coefficient (Wildman–Crippen LogP) is 4.33. The highest BCUT2D eigenvalue weighted by Gasteiger charge is 2.27. The molecule has 5 nitrogen and oxygen atoms in total. The number of sulfone groups is 1. The van der Waals surface area contributed by atoms with Crippen molar-refractivity contribution in [2.24, 2.45) is 5.92 Å². The molecule has 7 heteroatoms. The molecule has 0 saturated carbocycles. The van der Waals surface area contributed by atoms with E-state index in [0.717, 1.165) is 16.8 Å². The molecule has 0 saturated heterocycles. The van der Waals surface area contributed by atoms with E-state index in [0.29, 0.717) is 18.1 Å². The molecule has 0 bridgehead atoms. The first-order valence-corrected chi connectivity index (χ1v) is 12.4. The molecular formula is C23H22N2O3S2. The molecule has 0 aliphatic carbocycles. The van der Waals surface area contributed by atoms with Crippen LogP contribution in [0.3, 0.4) is 0 Å². The summed E-state index contributed by atoms with van der Waals surface area (Å²) in [7, 11) is -3.18. The van der Waals surface area contributed by atoms with Crippen LogP contribution in [0.5, 0.6) is 0 Å². The van der Waals surface area contributed by atoms with Crippen LogP contribution in [0.1, 0.15) is 12.0 Å². The molecule has 1 aromatic heterocycles. The molecule has 0 radical (unpaired) electrons.